The van der Waals surface area contributed by atoms with Gasteiger partial charge < -0.3 is 9.15 Å². The molecule has 0 aliphatic heterocycles. The maximum atomic E-state index is 13.7. The highest BCUT2D eigenvalue weighted by Gasteiger charge is 2.41. The van der Waals surface area contributed by atoms with E-state index in [2.05, 4.69) is 20.9 Å². The first-order valence-electron chi connectivity index (χ1n) is 9.03. The second-order valence-electron chi connectivity index (χ2n) is 6.45. The third-order valence-electron chi connectivity index (χ3n) is 4.33. The van der Waals surface area contributed by atoms with Gasteiger partial charge in [0, 0.05) is 15.6 Å². The SMILES string of the molecule is O=C(Oc1ccccc1-c1nc(-c2ccccc2)oc1C(F)(F)F)c1ccc(Br)cc1. The normalized spacial score (nSPS) is 11.4. The summed E-state index contributed by atoms with van der Waals surface area (Å²) in [4.78, 5) is 16.6. The van der Waals surface area contributed by atoms with Crippen LogP contribution in [0.3, 0.4) is 0 Å². The van der Waals surface area contributed by atoms with Gasteiger partial charge in [-0.25, -0.2) is 9.78 Å². The van der Waals surface area contributed by atoms with Gasteiger partial charge in [0.25, 0.3) is 0 Å². The van der Waals surface area contributed by atoms with E-state index >= 15 is 0 Å². The van der Waals surface area contributed by atoms with E-state index in [4.69, 9.17) is 9.15 Å². The first kappa shape index (κ1) is 20.9. The van der Waals surface area contributed by atoms with Crippen LogP contribution in [-0.2, 0) is 6.18 Å². The van der Waals surface area contributed by atoms with Crippen LogP contribution in [0.1, 0.15) is 16.1 Å². The monoisotopic (exact) mass is 487 g/mol. The first-order chi connectivity index (χ1) is 14.8. The van der Waals surface area contributed by atoms with E-state index in [9.17, 15) is 18.0 Å². The van der Waals surface area contributed by atoms with Crippen molar-refractivity contribution in [1.82, 2.24) is 4.98 Å². The molecule has 0 fully saturated rings. The summed E-state index contributed by atoms with van der Waals surface area (Å²) in [5.41, 5.74) is 0.180. The van der Waals surface area contributed by atoms with Gasteiger partial charge in [-0.3, -0.25) is 0 Å². The lowest BCUT2D eigenvalue weighted by molar-refractivity contribution is -0.152. The van der Waals surface area contributed by atoms with Crippen LogP contribution >= 0.6 is 15.9 Å². The van der Waals surface area contributed by atoms with E-state index in [1.807, 2.05) is 0 Å². The Labute approximate surface area is 183 Å². The third kappa shape index (κ3) is 4.54. The number of aromatic nitrogens is 1. The van der Waals surface area contributed by atoms with E-state index in [1.165, 1.54) is 18.2 Å². The highest BCUT2D eigenvalue weighted by atomic mass is 79.9. The predicted octanol–water partition coefficient (Wildman–Crippen LogP) is 7.01. The number of alkyl halides is 3. The third-order valence-corrected chi connectivity index (χ3v) is 4.86. The Morgan fingerprint density at radius 1 is 0.903 bits per heavy atom. The van der Waals surface area contributed by atoms with Crippen molar-refractivity contribution in [2.75, 3.05) is 0 Å². The highest BCUT2D eigenvalue weighted by molar-refractivity contribution is 9.10. The number of ether oxygens (including phenoxy) is 1. The summed E-state index contributed by atoms with van der Waals surface area (Å²) in [6, 6.07) is 20.5. The number of hydrogen-bond acceptors (Lipinski definition) is 4. The van der Waals surface area contributed by atoms with Gasteiger partial charge in [-0.1, -0.05) is 46.3 Å². The molecular weight excluding hydrogens is 475 g/mol. The Kier molecular flexibility index (Phi) is 5.65. The maximum absolute atomic E-state index is 13.7. The summed E-state index contributed by atoms with van der Waals surface area (Å²) in [6.07, 6.45) is -4.79. The lowest BCUT2D eigenvalue weighted by Crippen LogP contribution is -2.10. The molecule has 3 aromatic carbocycles. The van der Waals surface area contributed by atoms with Crippen LogP contribution < -0.4 is 4.74 Å². The van der Waals surface area contributed by atoms with Crippen LogP contribution in [0.5, 0.6) is 5.75 Å². The minimum absolute atomic E-state index is 0.00813. The van der Waals surface area contributed by atoms with Crippen molar-refractivity contribution in [3.8, 4) is 28.5 Å². The smallest absolute Gasteiger partial charge is 0.431 e. The van der Waals surface area contributed by atoms with Gasteiger partial charge in [0.1, 0.15) is 11.4 Å². The van der Waals surface area contributed by atoms with E-state index in [1.54, 1.807) is 60.7 Å². The Morgan fingerprint density at radius 2 is 1.55 bits per heavy atom. The van der Waals surface area contributed by atoms with Crippen molar-refractivity contribution in [3.63, 3.8) is 0 Å². The Bertz CT molecular complexity index is 1220. The number of oxazole rings is 1. The van der Waals surface area contributed by atoms with Crippen molar-refractivity contribution in [2.45, 2.75) is 6.18 Å². The second-order valence-corrected chi connectivity index (χ2v) is 7.37. The van der Waals surface area contributed by atoms with Crippen molar-refractivity contribution in [1.29, 1.82) is 0 Å². The minimum Gasteiger partial charge on any atom is -0.431 e. The van der Waals surface area contributed by atoms with Crippen molar-refractivity contribution < 1.29 is 27.1 Å². The zero-order valence-corrected chi connectivity index (χ0v) is 17.3. The Morgan fingerprint density at radius 3 is 2.23 bits per heavy atom. The number of halogens is 4. The number of rotatable bonds is 4. The molecule has 0 saturated carbocycles. The quantitative estimate of drug-likeness (QED) is 0.229. The van der Waals surface area contributed by atoms with Gasteiger partial charge in [-0.15, -0.1) is 0 Å². The zero-order valence-electron chi connectivity index (χ0n) is 15.7. The van der Waals surface area contributed by atoms with E-state index in [0.717, 1.165) is 4.47 Å². The molecule has 0 unspecified atom stereocenters. The molecular formula is C23H13BrF3NO3. The van der Waals surface area contributed by atoms with Gasteiger partial charge in [0.05, 0.1) is 5.56 Å². The highest BCUT2D eigenvalue weighted by Crippen LogP contribution is 2.42. The number of carbonyl (C=O) groups excluding carboxylic acids is 1. The Hall–Kier alpha value is -3.39. The van der Waals surface area contributed by atoms with Crippen molar-refractivity contribution >= 4 is 21.9 Å². The molecule has 8 heteroatoms. The van der Waals surface area contributed by atoms with Crippen LogP contribution in [0.25, 0.3) is 22.7 Å². The molecule has 4 aromatic rings. The minimum atomic E-state index is -4.79. The van der Waals surface area contributed by atoms with Crippen LogP contribution in [0.15, 0.2) is 87.8 Å². The van der Waals surface area contributed by atoms with E-state index in [0.29, 0.717) is 5.56 Å². The van der Waals surface area contributed by atoms with Gasteiger partial charge in [0.15, 0.2) is 0 Å². The summed E-state index contributed by atoms with van der Waals surface area (Å²) >= 11 is 3.27. The fourth-order valence-corrected chi connectivity index (χ4v) is 3.16. The fourth-order valence-electron chi connectivity index (χ4n) is 2.90. The van der Waals surface area contributed by atoms with Gasteiger partial charge in [-0.05, 0) is 48.5 Å². The molecule has 0 aliphatic carbocycles. The fraction of sp³-hybridized carbons (Fsp3) is 0.0435. The molecule has 156 valence electrons. The average Bonchev–Trinajstić information content (AvgIpc) is 3.21. The van der Waals surface area contributed by atoms with E-state index < -0.39 is 23.6 Å². The molecule has 4 nitrogen and oxygen atoms in total. The number of para-hydroxylation sites is 1. The van der Waals surface area contributed by atoms with Crippen molar-refractivity contribution in [3.05, 3.63) is 94.7 Å². The number of hydrogen-bond donors (Lipinski definition) is 0. The summed E-state index contributed by atoms with van der Waals surface area (Å²) < 4.78 is 52.4. The molecule has 0 N–H and O–H groups in total. The molecule has 0 spiro atoms. The number of benzene rings is 3. The molecule has 4 rings (SSSR count). The molecule has 1 heterocycles. The number of carbonyl (C=O) groups is 1. The zero-order chi connectivity index (χ0) is 22.0. The second kappa shape index (κ2) is 8.39. The molecule has 0 bridgehead atoms. The molecule has 31 heavy (non-hydrogen) atoms. The van der Waals surface area contributed by atoms with Gasteiger partial charge in [-0.2, -0.15) is 13.2 Å². The molecule has 0 aliphatic rings. The molecule has 1 aromatic heterocycles. The number of nitrogens with zero attached hydrogens (tertiary/aromatic N) is 1. The summed E-state index contributed by atoms with van der Waals surface area (Å²) in [5, 5.41) is 0. The number of esters is 1. The largest absolute Gasteiger partial charge is 0.451 e. The molecule has 0 radical (unpaired) electrons. The molecule has 0 amide bonds. The van der Waals surface area contributed by atoms with Crippen LogP contribution in [0, 0.1) is 0 Å². The summed E-state index contributed by atoms with van der Waals surface area (Å²) in [5.74, 6) is -2.22. The predicted molar refractivity (Wildman–Crippen MR) is 111 cm³/mol. The molecule has 0 saturated heterocycles. The van der Waals surface area contributed by atoms with Gasteiger partial charge in [0.2, 0.25) is 11.7 Å². The maximum Gasteiger partial charge on any atom is 0.451 e. The molecule has 0 atom stereocenters. The van der Waals surface area contributed by atoms with Crippen LogP contribution in [-0.4, -0.2) is 11.0 Å². The summed E-state index contributed by atoms with van der Waals surface area (Å²) in [7, 11) is 0. The van der Waals surface area contributed by atoms with E-state index in [-0.39, 0.29) is 22.8 Å². The average molecular weight is 488 g/mol. The topological polar surface area (TPSA) is 52.3 Å². The first-order valence-corrected chi connectivity index (χ1v) is 9.83. The van der Waals surface area contributed by atoms with Crippen LogP contribution in [0.2, 0.25) is 0 Å². The lowest BCUT2D eigenvalue weighted by Gasteiger charge is -2.10. The lowest BCUT2D eigenvalue weighted by atomic mass is 10.1. The van der Waals surface area contributed by atoms with Crippen LogP contribution in [0.4, 0.5) is 13.2 Å². The van der Waals surface area contributed by atoms with Gasteiger partial charge >= 0.3 is 12.1 Å². The Balaban J connectivity index is 1.77. The summed E-state index contributed by atoms with van der Waals surface area (Å²) in [6.45, 7) is 0. The van der Waals surface area contributed by atoms with Crippen molar-refractivity contribution in [2.24, 2.45) is 0 Å². The standard InChI is InChI=1S/C23H13BrF3NO3/c24-16-12-10-15(11-13-16)22(29)30-18-9-5-4-8-17(18)19-20(23(25,26)27)31-21(28-19)14-6-2-1-3-7-14/h1-13H.